The molecule has 0 aromatic carbocycles. The number of hydrogen-bond acceptors (Lipinski definition) is 3. The Bertz CT molecular complexity index is 300. The van der Waals surface area contributed by atoms with Crippen LogP contribution in [0.5, 0.6) is 0 Å². The fourth-order valence-corrected chi connectivity index (χ4v) is 1.73. The van der Waals surface area contributed by atoms with Gasteiger partial charge in [0.15, 0.2) is 0 Å². The minimum Gasteiger partial charge on any atom is -0.361 e. The van der Waals surface area contributed by atoms with Crippen molar-refractivity contribution in [3.63, 3.8) is 0 Å². The molecule has 1 aromatic heterocycles. The molecule has 0 aliphatic heterocycles. The van der Waals surface area contributed by atoms with Gasteiger partial charge in [-0.05, 0) is 26.7 Å². The molecule has 1 fully saturated rings. The molecule has 1 unspecified atom stereocenters. The van der Waals surface area contributed by atoms with Gasteiger partial charge in [-0.15, -0.1) is 0 Å². The molecule has 1 atom stereocenters. The van der Waals surface area contributed by atoms with Crippen LogP contribution in [0.2, 0.25) is 0 Å². The molecule has 0 amide bonds. The van der Waals surface area contributed by atoms with Crippen LogP contribution >= 0.6 is 0 Å². The van der Waals surface area contributed by atoms with Crippen LogP contribution in [0.25, 0.3) is 0 Å². The van der Waals surface area contributed by atoms with Gasteiger partial charge in [0.05, 0.1) is 11.7 Å². The van der Waals surface area contributed by atoms with Crippen LogP contribution in [0.3, 0.4) is 0 Å². The molecule has 1 aromatic rings. The lowest BCUT2D eigenvalue weighted by molar-refractivity contribution is 0.366. The molecule has 1 saturated carbocycles. The topological polar surface area (TPSA) is 38.1 Å². The van der Waals surface area contributed by atoms with Crippen molar-refractivity contribution in [2.75, 3.05) is 6.67 Å². The van der Waals surface area contributed by atoms with E-state index in [0.717, 1.165) is 29.9 Å². The Kier molecular flexibility index (Phi) is 2.54. The summed E-state index contributed by atoms with van der Waals surface area (Å²) in [6.07, 6.45) is 2.31. The minimum atomic E-state index is -0.403. The van der Waals surface area contributed by atoms with Gasteiger partial charge in [-0.1, -0.05) is 5.16 Å². The maximum absolute atomic E-state index is 12.8. The van der Waals surface area contributed by atoms with E-state index >= 15 is 0 Å². The zero-order valence-electron chi connectivity index (χ0n) is 8.51. The molecule has 3 nitrogen and oxygen atoms in total. The van der Waals surface area contributed by atoms with Crippen LogP contribution < -0.4 is 5.32 Å². The van der Waals surface area contributed by atoms with Crippen LogP contribution in [0.1, 0.15) is 35.9 Å². The predicted molar refractivity (Wildman–Crippen MR) is 50.9 cm³/mol. The quantitative estimate of drug-likeness (QED) is 0.804. The monoisotopic (exact) mass is 198 g/mol. The molecular weight excluding hydrogens is 183 g/mol. The molecule has 2 rings (SSSR count). The fourth-order valence-electron chi connectivity index (χ4n) is 1.73. The molecule has 4 heteroatoms. The number of aromatic nitrogens is 1. The van der Waals surface area contributed by atoms with Gasteiger partial charge >= 0.3 is 0 Å². The van der Waals surface area contributed by atoms with E-state index in [1.54, 1.807) is 0 Å². The number of alkyl halides is 1. The first-order valence-corrected chi connectivity index (χ1v) is 4.97. The van der Waals surface area contributed by atoms with Crippen molar-refractivity contribution in [3.8, 4) is 0 Å². The van der Waals surface area contributed by atoms with Crippen molar-refractivity contribution in [2.24, 2.45) is 0 Å². The van der Waals surface area contributed by atoms with Crippen molar-refractivity contribution >= 4 is 0 Å². The van der Waals surface area contributed by atoms with Crippen molar-refractivity contribution in [1.29, 1.82) is 0 Å². The first-order chi connectivity index (χ1) is 6.72. The average Bonchev–Trinajstić information content (AvgIpc) is 2.92. The smallest absolute Gasteiger partial charge is 0.138 e. The van der Waals surface area contributed by atoms with E-state index in [1.165, 1.54) is 0 Å². The number of rotatable bonds is 4. The van der Waals surface area contributed by atoms with Gasteiger partial charge in [-0.25, -0.2) is 4.39 Å². The number of halogens is 1. The predicted octanol–water partition coefficient (Wildman–Crippen LogP) is 2.05. The van der Waals surface area contributed by atoms with E-state index in [1.807, 2.05) is 13.8 Å². The second-order valence-corrected chi connectivity index (χ2v) is 3.89. The SMILES string of the molecule is Cc1noc(C)c1C(CF)NC1CC1. The minimum absolute atomic E-state index is 0.242. The highest BCUT2D eigenvalue weighted by molar-refractivity contribution is 5.25. The highest BCUT2D eigenvalue weighted by atomic mass is 19.1. The number of nitrogens with zero attached hydrogens (tertiary/aromatic N) is 1. The van der Waals surface area contributed by atoms with Crippen molar-refractivity contribution < 1.29 is 8.91 Å². The number of aryl methyl sites for hydroxylation is 2. The van der Waals surface area contributed by atoms with Gasteiger partial charge in [0.2, 0.25) is 0 Å². The largest absolute Gasteiger partial charge is 0.361 e. The molecule has 1 aliphatic rings. The second-order valence-electron chi connectivity index (χ2n) is 3.89. The van der Waals surface area contributed by atoms with Gasteiger partial charge in [-0.3, -0.25) is 0 Å². The molecular formula is C10H15FN2O. The third-order valence-electron chi connectivity index (χ3n) is 2.61. The van der Waals surface area contributed by atoms with E-state index in [2.05, 4.69) is 10.5 Å². The van der Waals surface area contributed by atoms with E-state index in [-0.39, 0.29) is 6.04 Å². The van der Waals surface area contributed by atoms with Gasteiger partial charge < -0.3 is 9.84 Å². The molecule has 1 heterocycles. The highest BCUT2D eigenvalue weighted by Crippen LogP contribution is 2.27. The maximum Gasteiger partial charge on any atom is 0.138 e. The third kappa shape index (κ3) is 1.80. The number of hydrogen-bond donors (Lipinski definition) is 1. The Hall–Kier alpha value is -0.900. The average molecular weight is 198 g/mol. The summed E-state index contributed by atoms with van der Waals surface area (Å²) in [5.74, 6) is 0.721. The van der Waals surface area contributed by atoms with Crippen LogP contribution in [0.4, 0.5) is 4.39 Å². The first kappa shape index (κ1) is 9.65. The second kappa shape index (κ2) is 3.69. The highest BCUT2D eigenvalue weighted by Gasteiger charge is 2.28. The summed E-state index contributed by atoms with van der Waals surface area (Å²) in [5, 5.41) is 7.08. The number of nitrogens with one attached hydrogen (secondary N) is 1. The van der Waals surface area contributed by atoms with Crippen molar-refractivity contribution in [1.82, 2.24) is 10.5 Å². The lowest BCUT2D eigenvalue weighted by Crippen LogP contribution is -2.25. The summed E-state index contributed by atoms with van der Waals surface area (Å²) in [7, 11) is 0. The van der Waals surface area contributed by atoms with Crippen LogP contribution in [0, 0.1) is 13.8 Å². The summed E-state index contributed by atoms with van der Waals surface area (Å²) in [6, 6.07) is 0.248. The van der Waals surface area contributed by atoms with Gasteiger partial charge in [-0.2, -0.15) is 0 Å². The molecule has 0 bridgehead atoms. The molecule has 1 aliphatic carbocycles. The summed E-state index contributed by atoms with van der Waals surface area (Å²) in [4.78, 5) is 0. The van der Waals surface area contributed by atoms with Gasteiger partial charge in [0.25, 0.3) is 0 Å². The van der Waals surface area contributed by atoms with E-state index < -0.39 is 6.67 Å². The summed E-state index contributed by atoms with van der Waals surface area (Å²) < 4.78 is 17.9. The van der Waals surface area contributed by atoms with Crippen LogP contribution in [-0.4, -0.2) is 17.9 Å². The lowest BCUT2D eigenvalue weighted by atomic mass is 10.1. The van der Waals surface area contributed by atoms with Gasteiger partial charge in [0.1, 0.15) is 12.4 Å². The Morgan fingerprint density at radius 3 is 2.71 bits per heavy atom. The molecule has 1 N–H and O–H groups in total. The zero-order valence-corrected chi connectivity index (χ0v) is 8.51. The standard InChI is InChI=1S/C10H15FN2O/c1-6-10(7(2)14-13-6)9(5-11)12-8-3-4-8/h8-9,12H,3-5H2,1-2H3. The molecule has 78 valence electrons. The molecule has 0 saturated heterocycles. The Morgan fingerprint density at radius 1 is 1.57 bits per heavy atom. The first-order valence-electron chi connectivity index (χ1n) is 4.97. The van der Waals surface area contributed by atoms with E-state index in [0.29, 0.717) is 6.04 Å². The summed E-state index contributed by atoms with van der Waals surface area (Å²) in [5.41, 5.74) is 1.68. The molecule has 0 radical (unpaired) electrons. The third-order valence-corrected chi connectivity index (χ3v) is 2.61. The lowest BCUT2D eigenvalue weighted by Gasteiger charge is -2.14. The maximum atomic E-state index is 12.8. The van der Waals surface area contributed by atoms with Gasteiger partial charge in [0, 0.05) is 11.6 Å². The van der Waals surface area contributed by atoms with Crippen molar-refractivity contribution in [2.45, 2.75) is 38.8 Å². The normalized spacial score (nSPS) is 18.5. The van der Waals surface area contributed by atoms with E-state index in [9.17, 15) is 4.39 Å². The van der Waals surface area contributed by atoms with E-state index in [4.69, 9.17) is 4.52 Å². The fraction of sp³-hybridized carbons (Fsp3) is 0.700. The molecule has 14 heavy (non-hydrogen) atoms. The van der Waals surface area contributed by atoms with Crippen LogP contribution in [0.15, 0.2) is 4.52 Å². The summed E-state index contributed by atoms with van der Waals surface area (Å²) >= 11 is 0. The zero-order chi connectivity index (χ0) is 10.1. The van der Waals surface area contributed by atoms with Crippen LogP contribution in [-0.2, 0) is 0 Å². The Morgan fingerprint density at radius 2 is 2.29 bits per heavy atom. The Labute approximate surface area is 82.7 Å². The summed E-state index contributed by atoms with van der Waals surface area (Å²) in [6.45, 7) is 3.27. The molecule has 0 spiro atoms. The van der Waals surface area contributed by atoms with Crippen molar-refractivity contribution in [3.05, 3.63) is 17.0 Å². The Balaban J connectivity index is 2.16.